The summed E-state index contributed by atoms with van der Waals surface area (Å²) in [6.45, 7) is 3.13. The predicted octanol–water partition coefficient (Wildman–Crippen LogP) is 4.19. The lowest BCUT2D eigenvalue weighted by Gasteiger charge is -2.22. The first-order valence-electron chi connectivity index (χ1n) is 7.56. The first-order chi connectivity index (χ1) is 9.91. The molecule has 0 unspecified atom stereocenters. The molecule has 1 aromatic carbocycles. The summed E-state index contributed by atoms with van der Waals surface area (Å²) < 4.78 is 39.7. The van der Waals surface area contributed by atoms with E-state index in [1.807, 2.05) is 11.9 Å². The van der Waals surface area contributed by atoms with Crippen LogP contribution in [0.5, 0.6) is 0 Å². The average molecular weight is 300 g/mol. The van der Waals surface area contributed by atoms with Gasteiger partial charge >= 0.3 is 6.18 Å². The van der Waals surface area contributed by atoms with Crippen LogP contribution in [0.2, 0.25) is 0 Å². The fourth-order valence-electron chi connectivity index (χ4n) is 2.29. The molecular weight excluding hydrogens is 277 g/mol. The highest BCUT2D eigenvalue weighted by Crippen LogP contribution is 2.35. The van der Waals surface area contributed by atoms with Crippen molar-refractivity contribution in [3.05, 3.63) is 29.3 Å². The Bertz CT molecular complexity index is 467. The van der Waals surface area contributed by atoms with Crippen molar-refractivity contribution in [3.8, 4) is 0 Å². The van der Waals surface area contributed by atoms with Gasteiger partial charge in [-0.2, -0.15) is 13.2 Å². The van der Waals surface area contributed by atoms with Gasteiger partial charge in [0, 0.05) is 31.9 Å². The number of anilines is 1. The number of alkyl halides is 3. The molecule has 1 aromatic rings. The van der Waals surface area contributed by atoms with Gasteiger partial charge in [0.1, 0.15) is 0 Å². The van der Waals surface area contributed by atoms with Gasteiger partial charge in [0.2, 0.25) is 0 Å². The maximum Gasteiger partial charge on any atom is 0.416 e. The molecule has 1 saturated carbocycles. The van der Waals surface area contributed by atoms with Gasteiger partial charge in [-0.25, -0.2) is 0 Å². The molecule has 0 amide bonds. The maximum absolute atomic E-state index is 13.2. The summed E-state index contributed by atoms with van der Waals surface area (Å²) >= 11 is 0. The van der Waals surface area contributed by atoms with Gasteiger partial charge in [0.15, 0.2) is 0 Å². The Labute approximate surface area is 124 Å². The molecule has 0 aliphatic heterocycles. The summed E-state index contributed by atoms with van der Waals surface area (Å²) in [4.78, 5) is 1.89. The van der Waals surface area contributed by atoms with E-state index < -0.39 is 11.7 Å². The molecule has 0 radical (unpaired) electrons. The second-order valence-corrected chi connectivity index (χ2v) is 5.77. The normalized spacial score (nSPS) is 15.3. The van der Waals surface area contributed by atoms with Crippen LogP contribution in [0.25, 0.3) is 0 Å². The lowest BCUT2D eigenvalue weighted by molar-refractivity contribution is -0.138. The van der Waals surface area contributed by atoms with Crippen LogP contribution in [0.4, 0.5) is 18.9 Å². The first-order valence-corrected chi connectivity index (χ1v) is 7.56. The van der Waals surface area contributed by atoms with Gasteiger partial charge in [-0.15, -0.1) is 0 Å². The number of nitrogens with one attached hydrogen (secondary N) is 1. The molecule has 5 heteroatoms. The number of hydrogen-bond acceptors (Lipinski definition) is 2. The zero-order valence-electron chi connectivity index (χ0n) is 12.6. The predicted molar refractivity (Wildman–Crippen MR) is 79.5 cm³/mol. The Balaban J connectivity index is 2.17. The third kappa shape index (κ3) is 4.63. The maximum atomic E-state index is 13.2. The first kappa shape index (κ1) is 16.1. The largest absolute Gasteiger partial charge is 0.416 e. The van der Waals surface area contributed by atoms with Gasteiger partial charge in [-0.1, -0.05) is 19.4 Å². The van der Waals surface area contributed by atoms with Gasteiger partial charge in [0.05, 0.1) is 5.56 Å². The number of halogens is 3. The molecule has 0 bridgehead atoms. The van der Waals surface area contributed by atoms with Gasteiger partial charge in [-0.3, -0.25) is 0 Å². The molecule has 118 valence electrons. The topological polar surface area (TPSA) is 15.3 Å². The van der Waals surface area contributed by atoms with Crippen LogP contribution in [-0.4, -0.2) is 19.6 Å². The van der Waals surface area contributed by atoms with Crippen LogP contribution in [0.3, 0.4) is 0 Å². The van der Waals surface area contributed by atoms with Crippen LogP contribution in [-0.2, 0) is 12.7 Å². The summed E-state index contributed by atoms with van der Waals surface area (Å²) in [6, 6.07) is 5.07. The van der Waals surface area contributed by atoms with E-state index in [4.69, 9.17) is 0 Å². The molecule has 0 heterocycles. The van der Waals surface area contributed by atoms with Crippen molar-refractivity contribution in [1.29, 1.82) is 0 Å². The van der Waals surface area contributed by atoms with E-state index in [0.717, 1.165) is 32.2 Å². The number of rotatable bonds is 7. The zero-order valence-corrected chi connectivity index (χ0v) is 12.6. The molecule has 0 saturated heterocycles. The van der Waals surface area contributed by atoms with Crippen LogP contribution in [0.15, 0.2) is 18.2 Å². The van der Waals surface area contributed by atoms with E-state index >= 15 is 0 Å². The second-order valence-electron chi connectivity index (χ2n) is 5.77. The highest BCUT2D eigenvalue weighted by atomic mass is 19.4. The lowest BCUT2D eigenvalue weighted by Crippen LogP contribution is -2.22. The second kappa shape index (κ2) is 6.69. The van der Waals surface area contributed by atoms with Gasteiger partial charge in [-0.05, 0) is 37.0 Å². The van der Waals surface area contributed by atoms with E-state index in [2.05, 4.69) is 12.2 Å². The molecule has 0 aromatic heterocycles. The Hall–Kier alpha value is -1.23. The van der Waals surface area contributed by atoms with Crippen molar-refractivity contribution in [2.24, 2.45) is 0 Å². The lowest BCUT2D eigenvalue weighted by atomic mass is 10.1. The average Bonchev–Trinajstić information content (AvgIpc) is 3.25. The third-order valence-electron chi connectivity index (χ3n) is 3.85. The van der Waals surface area contributed by atoms with E-state index in [0.29, 0.717) is 23.8 Å². The number of hydrogen-bond donors (Lipinski definition) is 1. The number of benzene rings is 1. The molecule has 2 nitrogen and oxygen atoms in total. The summed E-state index contributed by atoms with van der Waals surface area (Å²) in [6.07, 6.45) is -0.163. The van der Waals surface area contributed by atoms with Crippen molar-refractivity contribution in [1.82, 2.24) is 5.32 Å². The third-order valence-corrected chi connectivity index (χ3v) is 3.85. The fraction of sp³-hybridized carbons (Fsp3) is 0.625. The molecule has 0 atom stereocenters. The van der Waals surface area contributed by atoms with Gasteiger partial charge in [0.25, 0.3) is 0 Å². The Morgan fingerprint density at radius 3 is 2.57 bits per heavy atom. The molecule has 1 aliphatic rings. The van der Waals surface area contributed by atoms with Crippen molar-refractivity contribution < 1.29 is 13.2 Å². The van der Waals surface area contributed by atoms with Crippen LogP contribution in [0, 0.1) is 0 Å². The van der Waals surface area contributed by atoms with Crippen molar-refractivity contribution in [2.75, 3.05) is 18.5 Å². The quantitative estimate of drug-likeness (QED) is 0.812. The molecule has 1 aliphatic carbocycles. The monoisotopic (exact) mass is 300 g/mol. The molecule has 0 spiro atoms. The highest BCUT2D eigenvalue weighted by Gasteiger charge is 2.34. The summed E-state index contributed by atoms with van der Waals surface area (Å²) in [5, 5.41) is 3.15. The van der Waals surface area contributed by atoms with Crippen molar-refractivity contribution in [3.63, 3.8) is 0 Å². The summed E-state index contributed by atoms with van der Waals surface area (Å²) in [5.74, 6) is 0. The Morgan fingerprint density at radius 2 is 2.00 bits per heavy atom. The molecular formula is C16H23F3N2. The Kier molecular flexibility index (Phi) is 5.14. The molecule has 21 heavy (non-hydrogen) atoms. The van der Waals surface area contributed by atoms with Crippen molar-refractivity contribution in [2.45, 2.75) is 51.4 Å². The van der Waals surface area contributed by atoms with E-state index in [1.165, 1.54) is 6.07 Å². The summed E-state index contributed by atoms with van der Waals surface area (Å²) in [5.41, 5.74) is 0.449. The van der Waals surface area contributed by atoms with E-state index in [1.54, 1.807) is 12.1 Å². The standard InChI is InChI=1S/C16H23F3N2/c1-3-4-9-21(2)14-8-5-12(11-20-13-6-7-13)15(10-14)16(17,18)19/h5,8,10,13,20H,3-4,6-7,9,11H2,1-2H3. The van der Waals surface area contributed by atoms with E-state index in [9.17, 15) is 13.2 Å². The minimum atomic E-state index is -4.30. The highest BCUT2D eigenvalue weighted by molar-refractivity contribution is 5.51. The Morgan fingerprint density at radius 1 is 1.29 bits per heavy atom. The smallest absolute Gasteiger partial charge is 0.375 e. The van der Waals surface area contributed by atoms with Crippen molar-refractivity contribution >= 4 is 5.69 Å². The van der Waals surface area contributed by atoms with Crippen LogP contribution < -0.4 is 10.2 Å². The van der Waals surface area contributed by atoms with Crippen LogP contribution in [0.1, 0.15) is 43.7 Å². The number of nitrogens with zero attached hydrogens (tertiary/aromatic N) is 1. The van der Waals surface area contributed by atoms with Crippen LogP contribution >= 0.6 is 0 Å². The minimum absolute atomic E-state index is 0.290. The minimum Gasteiger partial charge on any atom is -0.375 e. The fourth-order valence-corrected chi connectivity index (χ4v) is 2.29. The zero-order chi connectivity index (χ0) is 15.5. The number of unbranched alkanes of at least 4 members (excludes halogenated alkanes) is 1. The van der Waals surface area contributed by atoms with E-state index in [-0.39, 0.29) is 0 Å². The van der Waals surface area contributed by atoms with Gasteiger partial charge < -0.3 is 10.2 Å². The molecule has 1 fully saturated rings. The summed E-state index contributed by atoms with van der Waals surface area (Å²) in [7, 11) is 1.84. The molecule has 2 rings (SSSR count). The molecule has 1 N–H and O–H groups in total. The SMILES string of the molecule is CCCCN(C)c1ccc(CNC2CC2)c(C(F)(F)F)c1.